The average Bonchev–Trinajstić information content (AvgIpc) is 2.71. The molecule has 0 atom stereocenters. The standard InChI is InChI=1S/C17H26BN3O4/c1-11(22)20-9-13(18-24-16(2,3)17(4,5)25-18)7-12-8-14(19)10-21-15(12)23-6/h7-8,10H,9,19H2,1-6H3,(H,20,22). The molecule has 2 rings (SSSR count). The zero-order chi connectivity index (χ0) is 18.8. The van der Waals surface area contributed by atoms with Crippen molar-refractivity contribution in [3.8, 4) is 5.88 Å². The minimum Gasteiger partial charge on any atom is -0.481 e. The molecule has 3 N–H and O–H groups in total. The summed E-state index contributed by atoms with van der Waals surface area (Å²) in [7, 11) is 0.945. The summed E-state index contributed by atoms with van der Waals surface area (Å²) in [5.74, 6) is 0.297. The molecular formula is C17H26BN3O4. The minimum absolute atomic E-state index is 0.139. The van der Waals surface area contributed by atoms with E-state index in [0.29, 0.717) is 17.1 Å². The number of nitrogens with zero attached hydrogens (tertiary/aromatic N) is 1. The summed E-state index contributed by atoms with van der Waals surface area (Å²) in [6, 6.07) is 1.75. The maximum absolute atomic E-state index is 11.4. The molecule has 1 amide bonds. The molecule has 1 aliphatic heterocycles. The predicted octanol–water partition coefficient (Wildman–Crippen LogP) is 1.82. The number of carbonyl (C=O) groups is 1. The first kappa shape index (κ1) is 19.3. The molecule has 136 valence electrons. The van der Waals surface area contributed by atoms with E-state index in [4.69, 9.17) is 19.8 Å². The number of nitrogen functional groups attached to an aromatic ring is 1. The average molecular weight is 347 g/mol. The lowest BCUT2D eigenvalue weighted by Crippen LogP contribution is -2.41. The Bertz CT molecular complexity index is 672. The summed E-state index contributed by atoms with van der Waals surface area (Å²) in [5.41, 5.74) is 6.83. The van der Waals surface area contributed by atoms with Crippen LogP contribution in [0.15, 0.2) is 17.7 Å². The topological polar surface area (TPSA) is 95.7 Å². The van der Waals surface area contributed by atoms with Gasteiger partial charge < -0.3 is 25.1 Å². The fourth-order valence-electron chi connectivity index (χ4n) is 2.38. The predicted molar refractivity (Wildman–Crippen MR) is 97.9 cm³/mol. The largest absolute Gasteiger partial charge is 0.492 e. The van der Waals surface area contributed by atoms with E-state index in [0.717, 1.165) is 5.47 Å². The molecule has 1 fully saturated rings. The lowest BCUT2D eigenvalue weighted by Gasteiger charge is -2.32. The van der Waals surface area contributed by atoms with Gasteiger partial charge in [-0.1, -0.05) is 6.08 Å². The molecule has 0 aliphatic carbocycles. The summed E-state index contributed by atoms with van der Waals surface area (Å²) in [6.07, 6.45) is 3.36. The SMILES string of the molecule is COc1ncc(N)cc1C=C(CNC(C)=O)B1OC(C)(C)C(C)(C)O1. The Kier molecular flexibility index (Phi) is 5.44. The molecule has 0 spiro atoms. The zero-order valence-corrected chi connectivity index (χ0v) is 15.7. The second kappa shape index (κ2) is 7.05. The van der Waals surface area contributed by atoms with Gasteiger partial charge >= 0.3 is 7.12 Å². The second-order valence-corrected chi connectivity index (χ2v) is 7.08. The molecule has 2 heterocycles. The molecule has 7 nitrogen and oxygen atoms in total. The van der Waals surface area contributed by atoms with Crippen molar-refractivity contribution < 1.29 is 18.8 Å². The third-order valence-electron chi connectivity index (χ3n) is 4.53. The van der Waals surface area contributed by atoms with Gasteiger partial charge in [-0.05, 0) is 39.2 Å². The highest BCUT2D eigenvalue weighted by Gasteiger charge is 2.52. The van der Waals surface area contributed by atoms with Gasteiger partial charge in [0, 0.05) is 19.0 Å². The van der Waals surface area contributed by atoms with Crippen molar-refractivity contribution in [2.24, 2.45) is 0 Å². The van der Waals surface area contributed by atoms with E-state index in [1.165, 1.54) is 20.2 Å². The number of nitrogens with two attached hydrogens (primary N) is 1. The number of rotatable bonds is 5. The molecule has 8 heteroatoms. The number of hydrogen-bond acceptors (Lipinski definition) is 6. The van der Waals surface area contributed by atoms with Crippen molar-refractivity contribution >= 4 is 24.8 Å². The van der Waals surface area contributed by atoms with Crippen molar-refractivity contribution in [3.05, 3.63) is 23.3 Å². The van der Waals surface area contributed by atoms with Crippen LogP contribution in [0.5, 0.6) is 5.88 Å². The van der Waals surface area contributed by atoms with Crippen LogP contribution in [0.3, 0.4) is 0 Å². The minimum atomic E-state index is -0.594. The first-order valence-electron chi connectivity index (χ1n) is 8.16. The third-order valence-corrected chi connectivity index (χ3v) is 4.53. The second-order valence-electron chi connectivity index (χ2n) is 7.08. The Morgan fingerprint density at radius 2 is 1.96 bits per heavy atom. The van der Waals surface area contributed by atoms with E-state index in [-0.39, 0.29) is 12.5 Å². The smallest absolute Gasteiger partial charge is 0.481 e. The van der Waals surface area contributed by atoms with Crippen molar-refractivity contribution in [1.29, 1.82) is 0 Å². The number of pyridine rings is 1. The molecule has 1 aliphatic rings. The lowest BCUT2D eigenvalue weighted by atomic mass is 9.77. The quantitative estimate of drug-likeness (QED) is 0.789. The number of aromatic nitrogens is 1. The van der Waals surface area contributed by atoms with E-state index < -0.39 is 18.3 Å². The van der Waals surface area contributed by atoms with Gasteiger partial charge in [-0.2, -0.15) is 0 Å². The van der Waals surface area contributed by atoms with Gasteiger partial charge in [0.1, 0.15) is 0 Å². The highest BCUT2D eigenvalue weighted by molar-refractivity contribution is 6.56. The molecule has 1 aromatic heterocycles. The monoisotopic (exact) mass is 347 g/mol. The van der Waals surface area contributed by atoms with Crippen molar-refractivity contribution in [2.45, 2.75) is 45.8 Å². The van der Waals surface area contributed by atoms with Gasteiger partial charge in [-0.15, -0.1) is 0 Å². The van der Waals surface area contributed by atoms with E-state index in [1.807, 2.05) is 33.8 Å². The molecular weight excluding hydrogens is 321 g/mol. The number of anilines is 1. The summed E-state index contributed by atoms with van der Waals surface area (Å²) in [6.45, 7) is 9.66. The Hall–Kier alpha value is -2.06. The van der Waals surface area contributed by atoms with Gasteiger partial charge in [-0.3, -0.25) is 4.79 Å². The maximum Gasteiger partial charge on any atom is 0.492 e. The summed E-state index contributed by atoms with van der Waals surface area (Å²) in [4.78, 5) is 15.5. The van der Waals surface area contributed by atoms with Crippen LogP contribution >= 0.6 is 0 Å². The van der Waals surface area contributed by atoms with Crippen LogP contribution in [0.2, 0.25) is 0 Å². The summed E-state index contributed by atoms with van der Waals surface area (Å²) < 4.78 is 17.5. The number of nitrogens with one attached hydrogen (secondary N) is 1. The number of methoxy groups -OCH3 is 1. The summed E-state index contributed by atoms with van der Waals surface area (Å²) in [5, 5.41) is 2.79. The van der Waals surface area contributed by atoms with Crippen molar-refractivity contribution in [1.82, 2.24) is 10.3 Å². The fourth-order valence-corrected chi connectivity index (χ4v) is 2.38. The van der Waals surface area contributed by atoms with Crippen molar-refractivity contribution in [3.63, 3.8) is 0 Å². The Balaban J connectivity index is 2.40. The van der Waals surface area contributed by atoms with E-state index in [1.54, 1.807) is 6.07 Å². The Morgan fingerprint density at radius 3 is 2.48 bits per heavy atom. The van der Waals surface area contributed by atoms with Gasteiger partial charge in [0.25, 0.3) is 0 Å². The van der Waals surface area contributed by atoms with Crippen LogP contribution in [0.25, 0.3) is 6.08 Å². The molecule has 1 aromatic rings. The van der Waals surface area contributed by atoms with Crippen LogP contribution in [0.4, 0.5) is 5.69 Å². The van der Waals surface area contributed by atoms with Gasteiger partial charge in [0.15, 0.2) is 0 Å². The number of amides is 1. The zero-order valence-electron chi connectivity index (χ0n) is 15.7. The molecule has 0 aromatic carbocycles. The molecule has 0 bridgehead atoms. The van der Waals surface area contributed by atoms with E-state index in [2.05, 4.69) is 10.3 Å². The van der Waals surface area contributed by atoms with Crippen LogP contribution in [-0.2, 0) is 14.1 Å². The first-order valence-corrected chi connectivity index (χ1v) is 8.16. The van der Waals surface area contributed by atoms with Crippen LogP contribution in [0, 0.1) is 0 Å². The highest BCUT2D eigenvalue weighted by Crippen LogP contribution is 2.39. The lowest BCUT2D eigenvalue weighted by molar-refractivity contribution is -0.118. The molecule has 0 radical (unpaired) electrons. The van der Waals surface area contributed by atoms with E-state index >= 15 is 0 Å². The normalized spacial score (nSPS) is 19.0. The highest BCUT2D eigenvalue weighted by atomic mass is 16.7. The summed E-state index contributed by atoms with van der Waals surface area (Å²) >= 11 is 0. The fraction of sp³-hybridized carbons (Fsp3) is 0.529. The van der Waals surface area contributed by atoms with Gasteiger partial charge in [0.2, 0.25) is 11.8 Å². The molecule has 25 heavy (non-hydrogen) atoms. The first-order chi connectivity index (χ1) is 11.6. The third kappa shape index (κ3) is 4.32. The molecule has 1 saturated heterocycles. The number of ether oxygens (including phenoxy) is 1. The van der Waals surface area contributed by atoms with E-state index in [9.17, 15) is 4.79 Å². The Labute approximate surface area is 149 Å². The van der Waals surface area contributed by atoms with Crippen LogP contribution in [0.1, 0.15) is 40.2 Å². The number of hydrogen-bond donors (Lipinski definition) is 2. The van der Waals surface area contributed by atoms with Gasteiger partial charge in [0.05, 0.1) is 30.2 Å². The van der Waals surface area contributed by atoms with Gasteiger partial charge in [-0.25, -0.2) is 4.98 Å². The molecule has 0 saturated carbocycles. The van der Waals surface area contributed by atoms with Crippen LogP contribution in [-0.4, -0.2) is 42.9 Å². The molecule has 0 unspecified atom stereocenters. The Morgan fingerprint density at radius 1 is 1.36 bits per heavy atom. The number of carbonyl (C=O) groups excluding carboxylic acids is 1. The maximum atomic E-state index is 11.4. The van der Waals surface area contributed by atoms with Crippen LogP contribution < -0.4 is 15.8 Å². The van der Waals surface area contributed by atoms with Crippen molar-refractivity contribution in [2.75, 3.05) is 19.4 Å².